The summed E-state index contributed by atoms with van der Waals surface area (Å²) >= 11 is 0. The maximum atomic E-state index is 13.3. The third kappa shape index (κ3) is 11.7. The van der Waals surface area contributed by atoms with Crippen LogP contribution in [0.3, 0.4) is 0 Å². The van der Waals surface area contributed by atoms with E-state index in [0.717, 1.165) is 6.61 Å². The van der Waals surface area contributed by atoms with Crippen molar-refractivity contribution < 1.29 is 18.3 Å². The molecule has 6 heteroatoms. The Balaban J connectivity index is 0.000000676. The number of hydrogen-bond acceptors (Lipinski definition) is 5. The minimum absolute atomic E-state index is 0.150. The van der Waals surface area contributed by atoms with Crippen molar-refractivity contribution in [3.05, 3.63) is 48.2 Å². The first-order valence-corrected chi connectivity index (χ1v) is 13.6. The van der Waals surface area contributed by atoms with Gasteiger partial charge in [-0.25, -0.2) is 4.57 Å². The largest absolute Gasteiger partial charge is 0.429 e. The lowest BCUT2D eigenvalue weighted by molar-refractivity contribution is 0.0689. The van der Waals surface area contributed by atoms with Crippen LogP contribution in [-0.2, 0) is 18.3 Å². The van der Waals surface area contributed by atoms with Gasteiger partial charge in [0.05, 0.1) is 25.1 Å². The van der Waals surface area contributed by atoms with E-state index in [-0.39, 0.29) is 16.7 Å². The maximum Gasteiger partial charge on any atom is 0.396 e. The van der Waals surface area contributed by atoms with E-state index in [9.17, 15) is 4.57 Å². The Morgan fingerprint density at radius 2 is 1.58 bits per heavy atom. The summed E-state index contributed by atoms with van der Waals surface area (Å²) in [6.45, 7) is 27.1. The van der Waals surface area contributed by atoms with Crippen LogP contribution in [0.4, 0.5) is 0 Å². The number of rotatable bonds is 10. The SMILES string of the molecule is C=C(C)OP(=O)(OCC)C(N(C)C(C)(C)C)C(C)(C)C.CC(C)OCC(C)c1ccccc1. The summed E-state index contributed by atoms with van der Waals surface area (Å²) in [5, 5.41) is 0. The lowest BCUT2D eigenvalue weighted by atomic mass is 9.93. The molecule has 0 heterocycles. The van der Waals surface area contributed by atoms with E-state index in [1.165, 1.54) is 5.56 Å². The smallest absolute Gasteiger partial charge is 0.396 e. The first kappa shape index (κ1) is 31.9. The molecule has 1 aromatic carbocycles. The lowest BCUT2D eigenvalue weighted by Crippen LogP contribution is -2.51. The fraction of sp³-hybridized carbons (Fsp3) is 0.704. The second kappa shape index (κ2) is 13.7. The Bertz CT molecular complexity index is 735. The first-order valence-electron chi connectivity index (χ1n) is 11.9. The van der Waals surface area contributed by atoms with Crippen molar-refractivity contribution >= 4 is 7.60 Å². The van der Waals surface area contributed by atoms with Gasteiger partial charge in [-0.3, -0.25) is 9.42 Å². The monoisotopic (exact) mass is 483 g/mol. The average Bonchev–Trinajstić information content (AvgIpc) is 2.64. The van der Waals surface area contributed by atoms with E-state index < -0.39 is 7.60 Å². The van der Waals surface area contributed by atoms with Crippen molar-refractivity contribution in [2.75, 3.05) is 20.3 Å². The minimum atomic E-state index is -3.33. The van der Waals surface area contributed by atoms with Crippen molar-refractivity contribution in [1.82, 2.24) is 4.90 Å². The maximum absolute atomic E-state index is 13.3. The van der Waals surface area contributed by atoms with E-state index >= 15 is 0 Å². The highest BCUT2D eigenvalue weighted by atomic mass is 31.2. The van der Waals surface area contributed by atoms with Gasteiger partial charge in [-0.1, -0.05) is 64.6 Å². The molecule has 0 saturated carbocycles. The standard InChI is InChI=1S/C15H32NO3P.C12H18O/c1-11-18-20(17,19-12(2)3)13(14(4,5)6)16(10)15(7,8)9;1-10(2)13-9-11(3)12-7-5-4-6-8-12/h13H,2,11H2,1,3-10H3;4-8,10-11H,9H2,1-3H3. The molecule has 1 aromatic rings. The van der Waals surface area contributed by atoms with Crippen LogP contribution in [0, 0.1) is 5.41 Å². The second-order valence-corrected chi connectivity index (χ2v) is 13.0. The summed E-state index contributed by atoms with van der Waals surface area (Å²) in [5.74, 6) is 0.550. The van der Waals surface area contributed by atoms with Crippen molar-refractivity contribution in [2.45, 2.75) is 99.5 Å². The van der Waals surface area contributed by atoms with E-state index in [2.05, 4.69) is 77.3 Å². The number of benzene rings is 1. The molecule has 0 N–H and O–H groups in total. The van der Waals surface area contributed by atoms with E-state index in [4.69, 9.17) is 13.8 Å². The number of allylic oxidation sites excluding steroid dienone is 1. The summed E-state index contributed by atoms with van der Waals surface area (Å²) in [4.78, 5) is 2.08. The van der Waals surface area contributed by atoms with Crippen LogP contribution >= 0.6 is 7.60 Å². The zero-order chi connectivity index (χ0) is 26.0. The van der Waals surface area contributed by atoms with Gasteiger partial charge >= 0.3 is 7.60 Å². The van der Waals surface area contributed by atoms with E-state index in [0.29, 0.717) is 24.4 Å². The van der Waals surface area contributed by atoms with Crippen LogP contribution in [0.25, 0.3) is 0 Å². The Labute approximate surface area is 204 Å². The zero-order valence-electron chi connectivity index (χ0n) is 23.3. The molecule has 0 amide bonds. The van der Waals surface area contributed by atoms with Gasteiger partial charge in [0.15, 0.2) is 0 Å². The van der Waals surface area contributed by atoms with Gasteiger partial charge in [0, 0.05) is 11.5 Å². The molecule has 0 aliphatic heterocycles. The van der Waals surface area contributed by atoms with Crippen molar-refractivity contribution in [2.24, 2.45) is 5.41 Å². The molecule has 0 saturated heterocycles. The van der Waals surface area contributed by atoms with Crippen LogP contribution in [0.1, 0.15) is 87.6 Å². The molecule has 1 rings (SSSR count). The van der Waals surface area contributed by atoms with Crippen LogP contribution in [0.2, 0.25) is 0 Å². The van der Waals surface area contributed by atoms with Gasteiger partial charge in [0.25, 0.3) is 0 Å². The number of ether oxygens (including phenoxy) is 1. The molecular formula is C27H50NO4P. The van der Waals surface area contributed by atoms with Gasteiger partial charge < -0.3 is 9.26 Å². The molecule has 0 bridgehead atoms. The highest BCUT2D eigenvalue weighted by molar-refractivity contribution is 7.54. The third-order valence-corrected chi connectivity index (χ3v) is 8.04. The second-order valence-electron chi connectivity index (χ2n) is 11.0. The Kier molecular flexibility index (Phi) is 13.2. The fourth-order valence-corrected chi connectivity index (χ4v) is 6.20. The Morgan fingerprint density at radius 1 is 1.06 bits per heavy atom. The highest BCUT2D eigenvalue weighted by Crippen LogP contribution is 2.61. The summed E-state index contributed by atoms with van der Waals surface area (Å²) in [6.07, 6.45) is 0.325. The van der Waals surface area contributed by atoms with Gasteiger partial charge in [-0.15, -0.1) is 0 Å². The van der Waals surface area contributed by atoms with Crippen LogP contribution in [0.15, 0.2) is 42.7 Å². The van der Waals surface area contributed by atoms with Crippen molar-refractivity contribution in [3.8, 4) is 0 Å². The summed E-state index contributed by atoms with van der Waals surface area (Å²) in [7, 11) is -1.37. The normalized spacial score (nSPS) is 15.9. The van der Waals surface area contributed by atoms with E-state index in [1.54, 1.807) is 6.92 Å². The van der Waals surface area contributed by atoms with Gasteiger partial charge in [0.1, 0.15) is 5.78 Å². The van der Waals surface area contributed by atoms with Crippen LogP contribution in [0.5, 0.6) is 0 Å². The molecular weight excluding hydrogens is 433 g/mol. The molecule has 0 fully saturated rings. The van der Waals surface area contributed by atoms with E-state index in [1.807, 2.05) is 40.8 Å². The highest BCUT2D eigenvalue weighted by Gasteiger charge is 2.49. The summed E-state index contributed by atoms with van der Waals surface area (Å²) in [6, 6.07) is 10.5. The fourth-order valence-electron chi connectivity index (χ4n) is 3.39. The molecule has 0 aromatic heterocycles. The van der Waals surface area contributed by atoms with Crippen molar-refractivity contribution in [1.29, 1.82) is 0 Å². The summed E-state index contributed by atoms with van der Waals surface area (Å²) < 4.78 is 30.0. The predicted molar refractivity (Wildman–Crippen MR) is 142 cm³/mol. The quantitative estimate of drug-likeness (QED) is 0.249. The zero-order valence-corrected chi connectivity index (χ0v) is 24.2. The van der Waals surface area contributed by atoms with Gasteiger partial charge in [-0.05, 0) is 66.5 Å². The molecule has 3 atom stereocenters. The van der Waals surface area contributed by atoms with Gasteiger partial charge in [-0.2, -0.15) is 0 Å². The number of hydrogen-bond donors (Lipinski definition) is 0. The average molecular weight is 484 g/mol. The molecule has 3 unspecified atom stereocenters. The lowest BCUT2D eigenvalue weighted by Gasteiger charge is -2.46. The van der Waals surface area contributed by atoms with Crippen molar-refractivity contribution in [3.63, 3.8) is 0 Å². The topological polar surface area (TPSA) is 48.0 Å². The summed E-state index contributed by atoms with van der Waals surface area (Å²) in [5.41, 5.74) is 0.939. The predicted octanol–water partition coefficient (Wildman–Crippen LogP) is 8.08. The molecule has 0 radical (unpaired) electrons. The molecule has 192 valence electrons. The van der Waals surface area contributed by atoms with Gasteiger partial charge in [0.2, 0.25) is 0 Å². The third-order valence-electron chi connectivity index (χ3n) is 5.14. The minimum Gasteiger partial charge on any atom is -0.429 e. The Morgan fingerprint density at radius 3 is 1.94 bits per heavy atom. The molecule has 5 nitrogen and oxygen atoms in total. The molecule has 0 spiro atoms. The molecule has 0 aliphatic carbocycles. The van der Waals surface area contributed by atoms with Crippen LogP contribution in [-0.4, -0.2) is 42.6 Å². The number of nitrogens with zero attached hydrogens (tertiary/aromatic N) is 1. The van der Waals surface area contributed by atoms with Crippen LogP contribution < -0.4 is 0 Å². The first-order chi connectivity index (χ1) is 15.0. The molecule has 33 heavy (non-hydrogen) atoms. The Hall–Kier alpha value is -1.13. The molecule has 0 aliphatic rings.